The van der Waals surface area contributed by atoms with Gasteiger partial charge in [0.1, 0.15) is 0 Å². The van der Waals surface area contributed by atoms with Crippen molar-refractivity contribution in [1.82, 2.24) is 4.98 Å². The molecule has 0 fully saturated rings. The Morgan fingerprint density at radius 2 is 1.75 bits per heavy atom. The van der Waals surface area contributed by atoms with Gasteiger partial charge in [-0.2, -0.15) is 0 Å². The van der Waals surface area contributed by atoms with E-state index in [2.05, 4.69) is 21.7 Å². The average molecular weight is 375 g/mol. The van der Waals surface area contributed by atoms with E-state index in [0.29, 0.717) is 12.1 Å². The summed E-state index contributed by atoms with van der Waals surface area (Å²) in [7, 11) is 0. The number of benzene rings is 2. The van der Waals surface area contributed by atoms with Gasteiger partial charge in [-0.15, -0.1) is 0 Å². The van der Waals surface area contributed by atoms with E-state index in [-0.39, 0.29) is 12.7 Å². The number of carbonyl (C=O) groups is 1. The van der Waals surface area contributed by atoms with Gasteiger partial charge in [0.2, 0.25) is 6.79 Å². The number of aryl methyl sites for hydroxylation is 2. The molecule has 1 aliphatic rings. The summed E-state index contributed by atoms with van der Waals surface area (Å²) in [6.07, 6.45) is 3.25. The van der Waals surface area contributed by atoms with Gasteiger partial charge in [-0.05, 0) is 60.9 Å². The fraction of sp³-hybridized carbons (Fsp3) is 0.182. The predicted octanol–water partition coefficient (Wildman–Crippen LogP) is 4.29. The van der Waals surface area contributed by atoms with Crippen LogP contribution in [-0.2, 0) is 6.54 Å². The minimum absolute atomic E-state index is 0.191. The second kappa shape index (κ2) is 7.60. The molecule has 0 saturated carbocycles. The lowest BCUT2D eigenvalue weighted by Crippen LogP contribution is -2.13. The maximum Gasteiger partial charge on any atom is 0.257 e. The Hall–Kier alpha value is -3.54. The number of anilines is 2. The van der Waals surface area contributed by atoms with E-state index >= 15 is 0 Å². The number of pyridine rings is 1. The molecule has 1 amide bonds. The Morgan fingerprint density at radius 1 is 0.964 bits per heavy atom. The zero-order valence-electron chi connectivity index (χ0n) is 15.8. The molecule has 142 valence electrons. The van der Waals surface area contributed by atoms with E-state index in [4.69, 9.17) is 9.47 Å². The summed E-state index contributed by atoms with van der Waals surface area (Å²) in [5, 5.41) is 6.22. The van der Waals surface area contributed by atoms with Crippen molar-refractivity contribution < 1.29 is 14.3 Å². The highest BCUT2D eigenvalue weighted by Gasteiger charge is 2.13. The molecule has 0 spiro atoms. The van der Waals surface area contributed by atoms with Crippen molar-refractivity contribution in [2.75, 3.05) is 17.4 Å². The number of rotatable bonds is 5. The van der Waals surface area contributed by atoms with Crippen LogP contribution in [0.3, 0.4) is 0 Å². The van der Waals surface area contributed by atoms with Gasteiger partial charge >= 0.3 is 0 Å². The molecule has 1 aliphatic heterocycles. The SMILES string of the molecule is Cc1cc(C)cc(NC(=O)c2cncc(NCc3ccc4c(c3)OCO4)c2)c1. The Labute approximate surface area is 163 Å². The fourth-order valence-electron chi connectivity index (χ4n) is 3.17. The summed E-state index contributed by atoms with van der Waals surface area (Å²) in [6, 6.07) is 13.6. The first-order valence-electron chi connectivity index (χ1n) is 9.04. The summed E-state index contributed by atoms with van der Waals surface area (Å²) < 4.78 is 10.7. The van der Waals surface area contributed by atoms with Crippen molar-refractivity contribution in [3.63, 3.8) is 0 Å². The smallest absolute Gasteiger partial charge is 0.257 e. The number of amides is 1. The van der Waals surface area contributed by atoms with E-state index in [1.165, 1.54) is 0 Å². The molecule has 0 saturated heterocycles. The molecule has 0 aliphatic carbocycles. The number of ether oxygens (including phenoxy) is 2. The first-order chi connectivity index (χ1) is 13.6. The number of hydrogen-bond donors (Lipinski definition) is 2. The van der Waals surface area contributed by atoms with Gasteiger partial charge in [0.05, 0.1) is 11.3 Å². The minimum Gasteiger partial charge on any atom is -0.454 e. The Morgan fingerprint density at radius 3 is 2.57 bits per heavy atom. The number of fused-ring (bicyclic) bond motifs is 1. The summed E-state index contributed by atoms with van der Waals surface area (Å²) in [5.74, 6) is 1.32. The van der Waals surface area contributed by atoms with Gasteiger partial charge in [0.15, 0.2) is 11.5 Å². The molecular formula is C22H21N3O3. The van der Waals surface area contributed by atoms with Crippen molar-refractivity contribution >= 4 is 17.3 Å². The van der Waals surface area contributed by atoms with Gasteiger partial charge in [-0.25, -0.2) is 0 Å². The van der Waals surface area contributed by atoms with Gasteiger partial charge in [0.25, 0.3) is 5.91 Å². The van der Waals surface area contributed by atoms with Gasteiger partial charge in [0, 0.05) is 24.6 Å². The van der Waals surface area contributed by atoms with Crippen LogP contribution in [0.5, 0.6) is 11.5 Å². The first kappa shape index (κ1) is 17.9. The minimum atomic E-state index is -0.191. The van der Waals surface area contributed by atoms with E-state index in [9.17, 15) is 4.79 Å². The molecule has 0 bridgehead atoms. The average Bonchev–Trinajstić information content (AvgIpc) is 3.13. The lowest BCUT2D eigenvalue weighted by molar-refractivity contribution is 0.102. The Bertz CT molecular complexity index is 1010. The second-order valence-electron chi connectivity index (χ2n) is 6.83. The third-order valence-corrected chi connectivity index (χ3v) is 4.41. The molecule has 28 heavy (non-hydrogen) atoms. The van der Waals surface area contributed by atoms with Crippen LogP contribution in [-0.4, -0.2) is 17.7 Å². The van der Waals surface area contributed by atoms with Crippen molar-refractivity contribution in [3.8, 4) is 11.5 Å². The largest absolute Gasteiger partial charge is 0.454 e. The maximum absolute atomic E-state index is 12.6. The molecular weight excluding hydrogens is 354 g/mol. The monoisotopic (exact) mass is 375 g/mol. The Balaban J connectivity index is 1.43. The molecule has 3 aromatic rings. The highest BCUT2D eigenvalue weighted by atomic mass is 16.7. The molecule has 1 aromatic heterocycles. The van der Waals surface area contributed by atoms with Crippen LogP contribution in [0.4, 0.5) is 11.4 Å². The first-order valence-corrected chi connectivity index (χ1v) is 9.04. The third-order valence-electron chi connectivity index (χ3n) is 4.41. The lowest BCUT2D eigenvalue weighted by Gasteiger charge is -2.10. The van der Waals surface area contributed by atoms with Crippen LogP contribution in [0.25, 0.3) is 0 Å². The van der Waals surface area contributed by atoms with Gasteiger partial charge in [-0.1, -0.05) is 12.1 Å². The van der Waals surface area contributed by atoms with E-state index in [1.54, 1.807) is 18.5 Å². The lowest BCUT2D eigenvalue weighted by atomic mass is 10.1. The number of nitrogens with zero attached hydrogens (tertiary/aromatic N) is 1. The summed E-state index contributed by atoms with van der Waals surface area (Å²) in [5.41, 5.74) is 5.30. The molecule has 2 N–H and O–H groups in total. The maximum atomic E-state index is 12.6. The summed E-state index contributed by atoms with van der Waals surface area (Å²) in [6.45, 7) is 4.85. The molecule has 0 radical (unpaired) electrons. The Kier molecular flexibility index (Phi) is 4.85. The fourth-order valence-corrected chi connectivity index (χ4v) is 3.17. The van der Waals surface area contributed by atoms with Crippen LogP contribution in [0.2, 0.25) is 0 Å². The zero-order valence-corrected chi connectivity index (χ0v) is 15.8. The molecule has 4 rings (SSSR count). The summed E-state index contributed by atoms with van der Waals surface area (Å²) in [4.78, 5) is 16.8. The van der Waals surface area contributed by atoms with E-state index in [1.807, 2.05) is 44.2 Å². The van der Waals surface area contributed by atoms with Crippen molar-refractivity contribution in [2.45, 2.75) is 20.4 Å². The number of hydrogen-bond acceptors (Lipinski definition) is 5. The van der Waals surface area contributed by atoms with Crippen LogP contribution >= 0.6 is 0 Å². The normalized spacial score (nSPS) is 11.9. The van der Waals surface area contributed by atoms with Crippen molar-refractivity contribution in [2.24, 2.45) is 0 Å². The molecule has 6 nitrogen and oxygen atoms in total. The summed E-state index contributed by atoms with van der Waals surface area (Å²) >= 11 is 0. The standard InChI is InChI=1S/C22H21N3O3/c1-14-5-15(2)7-18(6-14)25-22(26)17-9-19(12-23-11-17)24-10-16-3-4-20-21(8-16)28-13-27-20/h3-9,11-12,24H,10,13H2,1-2H3,(H,25,26). The molecule has 0 atom stereocenters. The van der Waals surface area contributed by atoms with Gasteiger partial charge in [-0.3, -0.25) is 9.78 Å². The van der Waals surface area contributed by atoms with Gasteiger partial charge < -0.3 is 20.1 Å². The predicted molar refractivity (Wildman–Crippen MR) is 108 cm³/mol. The highest BCUT2D eigenvalue weighted by Crippen LogP contribution is 2.32. The number of nitrogens with one attached hydrogen (secondary N) is 2. The van der Waals surface area contributed by atoms with E-state index < -0.39 is 0 Å². The van der Waals surface area contributed by atoms with Crippen molar-refractivity contribution in [3.05, 3.63) is 77.1 Å². The zero-order chi connectivity index (χ0) is 19.5. The molecule has 0 unspecified atom stereocenters. The topological polar surface area (TPSA) is 72.5 Å². The highest BCUT2D eigenvalue weighted by molar-refractivity contribution is 6.04. The quantitative estimate of drug-likeness (QED) is 0.696. The molecule has 2 aromatic carbocycles. The number of aromatic nitrogens is 1. The second-order valence-corrected chi connectivity index (χ2v) is 6.83. The van der Waals surface area contributed by atoms with Crippen LogP contribution in [0, 0.1) is 13.8 Å². The third kappa shape index (κ3) is 4.06. The van der Waals surface area contributed by atoms with Crippen LogP contribution in [0.1, 0.15) is 27.0 Å². The van der Waals surface area contributed by atoms with E-state index in [0.717, 1.165) is 39.6 Å². The van der Waals surface area contributed by atoms with Crippen LogP contribution < -0.4 is 20.1 Å². The molecule has 2 heterocycles. The van der Waals surface area contributed by atoms with Crippen LogP contribution in [0.15, 0.2) is 54.9 Å². The number of carbonyl (C=O) groups excluding carboxylic acids is 1. The molecule has 6 heteroatoms. The van der Waals surface area contributed by atoms with Crippen molar-refractivity contribution in [1.29, 1.82) is 0 Å².